The van der Waals surface area contributed by atoms with Gasteiger partial charge in [0.2, 0.25) is 0 Å². The zero-order valence-electron chi connectivity index (χ0n) is 11.5. The van der Waals surface area contributed by atoms with E-state index in [-0.39, 0.29) is 17.9 Å². The van der Waals surface area contributed by atoms with E-state index in [1.165, 1.54) is 0 Å². The molecule has 1 aromatic heterocycles. The molecule has 0 fully saturated rings. The van der Waals surface area contributed by atoms with Gasteiger partial charge in [0, 0.05) is 13.0 Å². The van der Waals surface area contributed by atoms with Crippen LogP contribution in [0.1, 0.15) is 49.0 Å². The van der Waals surface area contributed by atoms with Crippen molar-refractivity contribution >= 4 is 5.91 Å². The Morgan fingerprint density at radius 3 is 2.72 bits per heavy atom. The van der Waals surface area contributed by atoms with E-state index >= 15 is 0 Å². The number of aliphatic hydroxyl groups excluding tert-OH is 1. The second kappa shape index (κ2) is 6.54. The number of aryl methyl sites for hydroxylation is 2. The predicted octanol–water partition coefficient (Wildman–Crippen LogP) is 1.68. The summed E-state index contributed by atoms with van der Waals surface area (Å²) in [6, 6.07) is 0. The topological polar surface area (TPSA) is 75.4 Å². The molecule has 18 heavy (non-hydrogen) atoms. The molecule has 0 bridgehead atoms. The Bertz CT molecular complexity index is 399. The van der Waals surface area contributed by atoms with Crippen molar-refractivity contribution in [2.45, 2.75) is 46.6 Å². The lowest BCUT2D eigenvalue weighted by Gasteiger charge is -2.14. The summed E-state index contributed by atoms with van der Waals surface area (Å²) in [5.41, 5.74) is 1.13. The van der Waals surface area contributed by atoms with Crippen molar-refractivity contribution in [3.8, 4) is 0 Å². The third-order valence-corrected chi connectivity index (χ3v) is 2.98. The fraction of sp³-hybridized carbons (Fsp3) is 0.692. The molecular formula is C13H22N2O3. The second-order valence-corrected chi connectivity index (χ2v) is 4.78. The monoisotopic (exact) mass is 254 g/mol. The minimum atomic E-state index is -0.389. The van der Waals surface area contributed by atoms with Crippen LogP contribution in [0.3, 0.4) is 0 Å². The van der Waals surface area contributed by atoms with Gasteiger partial charge in [-0.1, -0.05) is 25.9 Å². The van der Waals surface area contributed by atoms with Crippen molar-refractivity contribution in [1.82, 2.24) is 10.5 Å². The highest BCUT2D eigenvalue weighted by molar-refractivity contribution is 5.96. The molecule has 1 aromatic rings. The molecule has 5 heteroatoms. The third-order valence-electron chi connectivity index (χ3n) is 2.98. The van der Waals surface area contributed by atoms with Crippen LogP contribution in [-0.4, -0.2) is 28.8 Å². The van der Waals surface area contributed by atoms with Gasteiger partial charge in [-0.05, 0) is 19.3 Å². The minimum absolute atomic E-state index is 0.179. The molecule has 0 saturated heterocycles. The van der Waals surface area contributed by atoms with E-state index in [0.29, 0.717) is 36.4 Å². The van der Waals surface area contributed by atoms with Crippen LogP contribution in [0, 0.1) is 12.8 Å². The Hall–Kier alpha value is -1.36. The summed E-state index contributed by atoms with van der Waals surface area (Å²) in [4.78, 5) is 12.0. The quantitative estimate of drug-likeness (QED) is 0.810. The Morgan fingerprint density at radius 1 is 1.50 bits per heavy atom. The van der Waals surface area contributed by atoms with E-state index in [0.717, 1.165) is 0 Å². The van der Waals surface area contributed by atoms with Crippen LogP contribution < -0.4 is 5.32 Å². The fourth-order valence-electron chi connectivity index (χ4n) is 1.70. The molecule has 0 aliphatic carbocycles. The molecule has 1 heterocycles. The SMILES string of the molecule is CCc1onc(C)c1C(=O)NCCC(O)C(C)C. The van der Waals surface area contributed by atoms with E-state index in [4.69, 9.17) is 4.52 Å². The molecule has 102 valence electrons. The molecule has 0 aliphatic rings. The number of nitrogens with zero attached hydrogens (tertiary/aromatic N) is 1. The fourth-order valence-corrected chi connectivity index (χ4v) is 1.70. The number of nitrogens with one attached hydrogen (secondary N) is 1. The summed E-state index contributed by atoms with van der Waals surface area (Å²) in [5, 5.41) is 16.2. The molecule has 0 aromatic carbocycles. The Morgan fingerprint density at radius 2 is 2.17 bits per heavy atom. The molecule has 0 aliphatic heterocycles. The minimum Gasteiger partial charge on any atom is -0.393 e. The largest absolute Gasteiger partial charge is 0.393 e. The number of carbonyl (C=O) groups is 1. The second-order valence-electron chi connectivity index (χ2n) is 4.78. The Kier molecular flexibility index (Phi) is 5.34. The summed E-state index contributed by atoms with van der Waals surface area (Å²) >= 11 is 0. The molecule has 0 saturated carbocycles. The lowest BCUT2D eigenvalue weighted by atomic mass is 10.0. The molecule has 0 spiro atoms. The molecule has 1 atom stereocenters. The van der Waals surface area contributed by atoms with Crippen LogP contribution in [0.5, 0.6) is 0 Å². The van der Waals surface area contributed by atoms with Gasteiger partial charge in [0.1, 0.15) is 11.3 Å². The van der Waals surface area contributed by atoms with Crippen molar-refractivity contribution in [2.75, 3.05) is 6.54 Å². The van der Waals surface area contributed by atoms with E-state index in [1.807, 2.05) is 20.8 Å². The number of rotatable bonds is 6. The zero-order valence-corrected chi connectivity index (χ0v) is 11.5. The van der Waals surface area contributed by atoms with Crippen LogP contribution in [-0.2, 0) is 6.42 Å². The summed E-state index contributed by atoms with van der Waals surface area (Å²) in [5.74, 6) is 0.626. The highest BCUT2D eigenvalue weighted by Crippen LogP contribution is 2.14. The van der Waals surface area contributed by atoms with Gasteiger partial charge in [-0.2, -0.15) is 0 Å². The first-order chi connectivity index (χ1) is 8.47. The Labute approximate surface area is 108 Å². The Balaban J connectivity index is 2.53. The lowest BCUT2D eigenvalue weighted by Crippen LogP contribution is -2.29. The maximum atomic E-state index is 12.0. The maximum Gasteiger partial charge on any atom is 0.256 e. The van der Waals surface area contributed by atoms with Gasteiger partial charge in [-0.15, -0.1) is 0 Å². The number of aromatic nitrogens is 1. The van der Waals surface area contributed by atoms with Gasteiger partial charge in [0.05, 0.1) is 11.8 Å². The van der Waals surface area contributed by atoms with Crippen molar-refractivity contribution in [3.05, 3.63) is 17.0 Å². The molecular weight excluding hydrogens is 232 g/mol. The average Bonchev–Trinajstić information content (AvgIpc) is 2.69. The van der Waals surface area contributed by atoms with Gasteiger partial charge in [-0.3, -0.25) is 4.79 Å². The van der Waals surface area contributed by atoms with Gasteiger partial charge >= 0.3 is 0 Å². The number of aliphatic hydroxyl groups is 1. The molecule has 1 amide bonds. The summed E-state index contributed by atoms with van der Waals surface area (Å²) in [6.45, 7) is 8.02. The first-order valence-electron chi connectivity index (χ1n) is 6.38. The van der Waals surface area contributed by atoms with Crippen molar-refractivity contribution < 1.29 is 14.4 Å². The number of hydrogen-bond acceptors (Lipinski definition) is 4. The molecule has 1 unspecified atom stereocenters. The lowest BCUT2D eigenvalue weighted by molar-refractivity contribution is 0.0918. The molecule has 1 rings (SSSR count). The number of hydrogen-bond donors (Lipinski definition) is 2. The van der Waals surface area contributed by atoms with Gasteiger partial charge in [0.15, 0.2) is 0 Å². The smallest absolute Gasteiger partial charge is 0.256 e. The highest BCUT2D eigenvalue weighted by atomic mass is 16.5. The highest BCUT2D eigenvalue weighted by Gasteiger charge is 2.19. The third kappa shape index (κ3) is 3.57. The van der Waals surface area contributed by atoms with E-state index < -0.39 is 0 Å². The van der Waals surface area contributed by atoms with Crippen molar-refractivity contribution in [1.29, 1.82) is 0 Å². The van der Waals surface area contributed by atoms with Crippen molar-refractivity contribution in [3.63, 3.8) is 0 Å². The average molecular weight is 254 g/mol. The first kappa shape index (κ1) is 14.7. The number of carbonyl (C=O) groups excluding carboxylic acids is 1. The first-order valence-corrected chi connectivity index (χ1v) is 6.38. The van der Waals surface area contributed by atoms with Crippen LogP contribution >= 0.6 is 0 Å². The molecule has 0 radical (unpaired) electrons. The van der Waals surface area contributed by atoms with Gasteiger partial charge in [-0.25, -0.2) is 0 Å². The summed E-state index contributed by atoms with van der Waals surface area (Å²) in [6.07, 6.45) is 0.799. The van der Waals surface area contributed by atoms with Gasteiger partial charge in [0.25, 0.3) is 5.91 Å². The standard InChI is InChI=1S/C13H22N2O3/c1-5-11-12(9(4)15-18-11)13(17)14-7-6-10(16)8(2)3/h8,10,16H,5-7H2,1-4H3,(H,14,17). The van der Waals surface area contributed by atoms with E-state index in [9.17, 15) is 9.90 Å². The molecule has 2 N–H and O–H groups in total. The summed E-state index contributed by atoms with van der Waals surface area (Å²) in [7, 11) is 0. The van der Waals surface area contributed by atoms with E-state index in [1.54, 1.807) is 6.92 Å². The zero-order chi connectivity index (χ0) is 13.7. The van der Waals surface area contributed by atoms with Crippen LogP contribution in [0.25, 0.3) is 0 Å². The maximum absolute atomic E-state index is 12.0. The van der Waals surface area contributed by atoms with Crippen LogP contribution in [0.4, 0.5) is 0 Å². The van der Waals surface area contributed by atoms with E-state index in [2.05, 4.69) is 10.5 Å². The van der Waals surface area contributed by atoms with Crippen LogP contribution in [0.2, 0.25) is 0 Å². The number of amides is 1. The normalized spacial score (nSPS) is 12.8. The molecule has 5 nitrogen and oxygen atoms in total. The predicted molar refractivity (Wildman–Crippen MR) is 68.4 cm³/mol. The van der Waals surface area contributed by atoms with Crippen LogP contribution in [0.15, 0.2) is 4.52 Å². The van der Waals surface area contributed by atoms with Gasteiger partial charge < -0.3 is 14.9 Å². The summed E-state index contributed by atoms with van der Waals surface area (Å²) < 4.78 is 5.07. The van der Waals surface area contributed by atoms with Crippen molar-refractivity contribution in [2.24, 2.45) is 5.92 Å².